The Labute approximate surface area is 161 Å². The molecule has 140 valence electrons. The first-order chi connectivity index (χ1) is 12.8. The van der Waals surface area contributed by atoms with Crippen LogP contribution in [0.4, 0.5) is 0 Å². The number of ketones is 1. The number of ether oxygens (including phenoxy) is 1. The van der Waals surface area contributed by atoms with Gasteiger partial charge in [0.2, 0.25) is 5.78 Å². The van der Waals surface area contributed by atoms with Crippen LogP contribution in [-0.2, 0) is 14.6 Å². The number of Topliss-reactive ketones (excluding diaryl/α,β-unsaturated/α-hetero) is 1. The number of carbonyl (C=O) groups excluding carboxylic acids is 2. The second kappa shape index (κ2) is 7.62. The smallest absolute Gasteiger partial charge is 0.339 e. The van der Waals surface area contributed by atoms with Crippen molar-refractivity contribution in [3.05, 3.63) is 64.5 Å². The van der Waals surface area contributed by atoms with Crippen LogP contribution >= 0.6 is 11.3 Å². The zero-order valence-electron chi connectivity index (χ0n) is 14.9. The Hall–Kier alpha value is -2.51. The number of benzene rings is 2. The number of esters is 1. The molecule has 0 amide bonds. The van der Waals surface area contributed by atoms with Crippen LogP contribution in [0.1, 0.15) is 32.5 Å². The van der Waals surface area contributed by atoms with Crippen LogP contribution in [0.15, 0.2) is 53.4 Å². The molecule has 1 aromatic heterocycles. The summed E-state index contributed by atoms with van der Waals surface area (Å²) >= 11 is 1.35. The van der Waals surface area contributed by atoms with Crippen LogP contribution in [0, 0.1) is 6.92 Å². The van der Waals surface area contributed by atoms with E-state index in [2.05, 4.69) is 0 Å². The first-order valence-corrected chi connectivity index (χ1v) is 10.8. The van der Waals surface area contributed by atoms with Crippen molar-refractivity contribution in [2.75, 3.05) is 12.4 Å². The summed E-state index contributed by atoms with van der Waals surface area (Å²) in [4.78, 5) is 25.4. The third-order valence-corrected chi connectivity index (χ3v) is 7.35. The van der Waals surface area contributed by atoms with Crippen LogP contribution in [0.25, 0.3) is 10.1 Å². The summed E-state index contributed by atoms with van der Waals surface area (Å²) in [6, 6.07) is 13.5. The van der Waals surface area contributed by atoms with Gasteiger partial charge in [0.05, 0.1) is 21.1 Å². The van der Waals surface area contributed by atoms with Crippen molar-refractivity contribution in [1.29, 1.82) is 0 Å². The molecule has 5 nitrogen and oxygen atoms in total. The molecule has 0 spiro atoms. The minimum atomic E-state index is -3.57. The number of thiophene rings is 1. The molecule has 2 aromatic carbocycles. The minimum Gasteiger partial charge on any atom is -0.454 e. The van der Waals surface area contributed by atoms with Gasteiger partial charge in [0.1, 0.15) is 0 Å². The van der Waals surface area contributed by atoms with Crippen LogP contribution < -0.4 is 0 Å². The van der Waals surface area contributed by atoms with Gasteiger partial charge in [0.15, 0.2) is 16.4 Å². The van der Waals surface area contributed by atoms with Gasteiger partial charge in [0, 0.05) is 4.70 Å². The third-order valence-electron chi connectivity index (χ3n) is 4.25. The molecule has 3 aromatic rings. The van der Waals surface area contributed by atoms with E-state index in [1.165, 1.54) is 30.4 Å². The Balaban J connectivity index is 1.80. The van der Waals surface area contributed by atoms with Gasteiger partial charge >= 0.3 is 5.97 Å². The first-order valence-electron chi connectivity index (χ1n) is 8.35. The summed E-state index contributed by atoms with van der Waals surface area (Å²) in [5, 5.41) is 0.997. The van der Waals surface area contributed by atoms with Gasteiger partial charge in [-0.1, -0.05) is 37.3 Å². The highest BCUT2D eigenvalue weighted by Gasteiger charge is 2.23. The normalized spacial score (nSPS) is 11.5. The molecule has 0 fully saturated rings. The molecule has 0 saturated heterocycles. The molecule has 7 heteroatoms. The molecule has 0 N–H and O–H groups in total. The summed E-state index contributed by atoms with van der Waals surface area (Å²) in [5.41, 5.74) is 0.797. The van der Waals surface area contributed by atoms with E-state index in [9.17, 15) is 18.0 Å². The predicted octanol–water partition coefficient (Wildman–Crippen LogP) is 4.04. The van der Waals surface area contributed by atoms with Crippen molar-refractivity contribution in [2.24, 2.45) is 0 Å². The molecule has 0 bridgehead atoms. The maximum absolute atomic E-state index is 12.5. The summed E-state index contributed by atoms with van der Waals surface area (Å²) in [6.07, 6.45) is 0. The van der Waals surface area contributed by atoms with Gasteiger partial charge in [-0.2, -0.15) is 0 Å². The fraction of sp³-hybridized carbons (Fsp3) is 0.200. The zero-order chi connectivity index (χ0) is 19.6. The van der Waals surface area contributed by atoms with Gasteiger partial charge in [-0.15, -0.1) is 11.3 Å². The highest BCUT2D eigenvalue weighted by molar-refractivity contribution is 7.91. The number of sulfone groups is 1. The van der Waals surface area contributed by atoms with Gasteiger partial charge < -0.3 is 4.74 Å². The quantitative estimate of drug-likeness (QED) is 0.459. The molecule has 0 aliphatic heterocycles. The Morgan fingerprint density at radius 1 is 1.04 bits per heavy atom. The Morgan fingerprint density at radius 2 is 1.70 bits per heavy atom. The fourth-order valence-electron chi connectivity index (χ4n) is 2.78. The Kier molecular flexibility index (Phi) is 5.43. The number of rotatable bonds is 6. The van der Waals surface area contributed by atoms with Crippen molar-refractivity contribution in [3.8, 4) is 0 Å². The van der Waals surface area contributed by atoms with Gasteiger partial charge in [0.25, 0.3) is 0 Å². The molecular weight excluding hydrogens is 384 g/mol. The van der Waals surface area contributed by atoms with Crippen LogP contribution in [-0.4, -0.2) is 32.5 Å². The summed E-state index contributed by atoms with van der Waals surface area (Å²) in [6.45, 7) is 2.93. The second-order valence-electron chi connectivity index (χ2n) is 5.95. The average Bonchev–Trinajstić information content (AvgIpc) is 3.03. The largest absolute Gasteiger partial charge is 0.454 e. The fourth-order valence-corrected chi connectivity index (χ4v) is 4.99. The molecule has 27 heavy (non-hydrogen) atoms. The number of aryl methyl sites for hydroxylation is 1. The summed E-state index contributed by atoms with van der Waals surface area (Å²) in [5.74, 6) is -1.26. The molecule has 0 aliphatic rings. The molecule has 1 heterocycles. The summed E-state index contributed by atoms with van der Waals surface area (Å²) in [7, 11) is -3.57. The van der Waals surface area contributed by atoms with Crippen molar-refractivity contribution < 1.29 is 22.7 Å². The number of hydrogen-bond donors (Lipinski definition) is 0. The van der Waals surface area contributed by atoms with Gasteiger partial charge in [-0.05, 0) is 36.1 Å². The standard InChI is InChI=1S/C20H18O5S2/c1-3-27(23,24)18-11-7-5-9-15(18)20(22)25-12-16(21)19-13(2)14-8-4-6-10-17(14)26-19/h4-11H,3,12H2,1-2H3. The van der Waals surface area contributed by atoms with E-state index in [4.69, 9.17) is 4.74 Å². The SMILES string of the molecule is CCS(=O)(=O)c1ccccc1C(=O)OCC(=O)c1sc2ccccc2c1C. The first kappa shape index (κ1) is 19.3. The molecule has 0 aliphatic carbocycles. The van der Waals surface area contributed by atoms with Crippen molar-refractivity contribution in [1.82, 2.24) is 0 Å². The third kappa shape index (κ3) is 3.79. The molecule has 0 atom stereocenters. The highest BCUT2D eigenvalue weighted by atomic mass is 32.2. The van der Waals surface area contributed by atoms with E-state index in [0.29, 0.717) is 4.88 Å². The van der Waals surface area contributed by atoms with E-state index in [1.54, 1.807) is 12.1 Å². The predicted molar refractivity (Wildman–Crippen MR) is 105 cm³/mol. The van der Waals surface area contributed by atoms with E-state index in [-0.39, 0.29) is 22.0 Å². The van der Waals surface area contributed by atoms with Crippen LogP contribution in [0.2, 0.25) is 0 Å². The monoisotopic (exact) mass is 402 g/mol. The van der Waals surface area contributed by atoms with Crippen LogP contribution in [0.3, 0.4) is 0 Å². The van der Waals surface area contributed by atoms with Crippen molar-refractivity contribution in [2.45, 2.75) is 18.7 Å². The van der Waals surface area contributed by atoms with Crippen molar-refractivity contribution >= 4 is 43.0 Å². The Bertz CT molecular complexity index is 1130. The lowest BCUT2D eigenvalue weighted by atomic mass is 10.1. The highest BCUT2D eigenvalue weighted by Crippen LogP contribution is 2.31. The molecule has 0 saturated carbocycles. The average molecular weight is 402 g/mol. The van der Waals surface area contributed by atoms with E-state index in [1.807, 2.05) is 31.2 Å². The molecule has 3 rings (SSSR count). The number of fused-ring (bicyclic) bond motifs is 1. The van der Waals surface area contributed by atoms with Crippen LogP contribution in [0.5, 0.6) is 0 Å². The van der Waals surface area contributed by atoms with Crippen molar-refractivity contribution in [3.63, 3.8) is 0 Å². The molecule has 0 radical (unpaired) electrons. The zero-order valence-corrected chi connectivity index (χ0v) is 16.5. The lowest BCUT2D eigenvalue weighted by Gasteiger charge is -2.09. The molecular formula is C20H18O5S2. The minimum absolute atomic E-state index is 0.0554. The summed E-state index contributed by atoms with van der Waals surface area (Å²) < 4.78 is 30.4. The lowest BCUT2D eigenvalue weighted by molar-refractivity contribution is 0.0472. The number of carbonyl (C=O) groups is 2. The maximum Gasteiger partial charge on any atom is 0.339 e. The number of hydrogen-bond acceptors (Lipinski definition) is 6. The molecule has 0 unspecified atom stereocenters. The lowest BCUT2D eigenvalue weighted by Crippen LogP contribution is -2.17. The van der Waals surface area contributed by atoms with E-state index in [0.717, 1.165) is 15.6 Å². The van der Waals surface area contributed by atoms with Gasteiger partial charge in [-0.3, -0.25) is 4.79 Å². The van der Waals surface area contributed by atoms with Gasteiger partial charge in [-0.25, -0.2) is 13.2 Å². The second-order valence-corrected chi connectivity index (χ2v) is 9.25. The maximum atomic E-state index is 12.5. The van der Waals surface area contributed by atoms with E-state index >= 15 is 0 Å². The topological polar surface area (TPSA) is 77.5 Å². The Morgan fingerprint density at radius 3 is 2.41 bits per heavy atom. The van der Waals surface area contributed by atoms with E-state index < -0.39 is 22.4 Å².